The van der Waals surface area contributed by atoms with Crippen molar-refractivity contribution in [2.75, 3.05) is 11.1 Å². The van der Waals surface area contributed by atoms with Crippen molar-refractivity contribution in [2.24, 2.45) is 0 Å². The summed E-state index contributed by atoms with van der Waals surface area (Å²) < 4.78 is 66.4. The fourth-order valence-corrected chi connectivity index (χ4v) is 4.19. The number of nitrogens with two attached hydrogens (primary N) is 1. The summed E-state index contributed by atoms with van der Waals surface area (Å²) in [4.78, 5) is 42.1. The van der Waals surface area contributed by atoms with Crippen molar-refractivity contribution in [3.63, 3.8) is 0 Å². The molecule has 16 heteroatoms. The molecule has 39 heavy (non-hydrogen) atoms. The van der Waals surface area contributed by atoms with Crippen LogP contribution in [0.5, 0.6) is 0 Å². The Bertz CT molecular complexity index is 1710. The number of alkyl halides is 5. The largest absolute Gasteiger partial charge is 0.453 e. The molecule has 4 aromatic rings. The molecular weight excluding hydrogens is 529 g/mol. The molecule has 0 spiro atoms. The standard InChI is InChI=1S/C23H14F5N9O2/c1-21(14-3-2-10(6-29)7-31-14)15-16(30)34-17(35-18(15)36-20(21)39)11-4-12(19-32-9-33-37(19)8-11)13(38)5-22(24,25)23(26,27)28/h2-4,7-9H,5H2,1H3,(H3,30,34,35,36,39). The summed E-state index contributed by atoms with van der Waals surface area (Å²) in [6, 6.07) is 5.87. The molecule has 1 amide bonds. The van der Waals surface area contributed by atoms with Crippen LogP contribution in [0.2, 0.25) is 0 Å². The van der Waals surface area contributed by atoms with Gasteiger partial charge in [-0.25, -0.2) is 19.5 Å². The summed E-state index contributed by atoms with van der Waals surface area (Å²) in [6.07, 6.45) is -4.56. The molecule has 4 aromatic heterocycles. The second kappa shape index (κ2) is 8.48. The summed E-state index contributed by atoms with van der Waals surface area (Å²) in [6.45, 7) is 1.53. The van der Waals surface area contributed by atoms with Gasteiger partial charge in [-0.1, -0.05) is 0 Å². The van der Waals surface area contributed by atoms with Crippen molar-refractivity contribution in [3.05, 3.63) is 59.3 Å². The molecule has 11 nitrogen and oxygen atoms in total. The van der Waals surface area contributed by atoms with Gasteiger partial charge in [0, 0.05) is 18.0 Å². The highest BCUT2D eigenvalue weighted by Crippen LogP contribution is 2.44. The molecule has 0 aromatic carbocycles. The third kappa shape index (κ3) is 3.98. The molecule has 1 aliphatic rings. The number of Topliss-reactive ketones (excluding diaryl/α,β-unsaturated/α-hetero) is 1. The van der Waals surface area contributed by atoms with Crippen LogP contribution in [-0.2, 0) is 10.2 Å². The Hall–Kier alpha value is -5.07. The van der Waals surface area contributed by atoms with Gasteiger partial charge in [0.05, 0.1) is 28.8 Å². The number of nitrogens with one attached hydrogen (secondary N) is 1. The van der Waals surface area contributed by atoms with E-state index < -0.39 is 41.2 Å². The van der Waals surface area contributed by atoms with Gasteiger partial charge >= 0.3 is 12.1 Å². The van der Waals surface area contributed by atoms with Gasteiger partial charge in [0.2, 0.25) is 5.91 Å². The van der Waals surface area contributed by atoms with Gasteiger partial charge in [0.1, 0.15) is 29.4 Å². The number of nitrogens with zero attached hydrogens (tertiary/aromatic N) is 7. The molecular formula is C23H14F5N9O2. The first-order chi connectivity index (χ1) is 18.3. The summed E-state index contributed by atoms with van der Waals surface area (Å²) in [5.74, 6) is -7.73. The number of hydrogen-bond acceptors (Lipinski definition) is 9. The number of carbonyl (C=O) groups is 2. The molecule has 0 saturated heterocycles. The molecule has 1 unspecified atom stereocenters. The fraction of sp³-hybridized carbons (Fsp3) is 0.217. The van der Waals surface area contributed by atoms with Crippen molar-refractivity contribution in [1.29, 1.82) is 5.26 Å². The molecule has 0 bridgehead atoms. The van der Waals surface area contributed by atoms with Gasteiger partial charge in [0.25, 0.3) is 0 Å². The molecule has 0 radical (unpaired) electrons. The second-order valence-electron chi connectivity index (χ2n) is 8.75. The van der Waals surface area contributed by atoms with Gasteiger partial charge in [0.15, 0.2) is 17.3 Å². The van der Waals surface area contributed by atoms with E-state index in [4.69, 9.17) is 11.0 Å². The van der Waals surface area contributed by atoms with Gasteiger partial charge in [-0.3, -0.25) is 14.6 Å². The first-order valence-corrected chi connectivity index (χ1v) is 10.9. The minimum Gasteiger partial charge on any atom is -0.383 e. The van der Waals surface area contributed by atoms with Crippen LogP contribution in [0.1, 0.15) is 40.5 Å². The molecule has 198 valence electrons. The van der Waals surface area contributed by atoms with Crippen molar-refractivity contribution in [1.82, 2.24) is 29.5 Å². The van der Waals surface area contributed by atoms with E-state index in [1.165, 1.54) is 31.5 Å². The van der Waals surface area contributed by atoms with Crippen LogP contribution in [-0.4, -0.2) is 53.3 Å². The van der Waals surface area contributed by atoms with Crippen LogP contribution in [0.3, 0.4) is 0 Å². The van der Waals surface area contributed by atoms with Crippen LogP contribution in [0.4, 0.5) is 33.6 Å². The monoisotopic (exact) mass is 543 g/mol. The predicted octanol–water partition coefficient (Wildman–Crippen LogP) is 3.06. The van der Waals surface area contributed by atoms with Gasteiger partial charge in [-0.2, -0.15) is 32.3 Å². The fourth-order valence-electron chi connectivity index (χ4n) is 4.19. The minimum absolute atomic E-state index is 0.00803. The van der Waals surface area contributed by atoms with E-state index in [1.54, 1.807) is 0 Å². The lowest BCUT2D eigenvalue weighted by Crippen LogP contribution is -2.38. The van der Waals surface area contributed by atoms with Crippen LogP contribution in [0.15, 0.2) is 36.9 Å². The molecule has 0 aliphatic carbocycles. The van der Waals surface area contributed by atoms with E-state index in [9.17, 15) is 31.5 Å². The topological polar surface area (TPSA) is 165 Å². The Morgan fingerprint density at radius 1 is 1.21 bits per heavy atom. The highest BCUT2D eigenvalue weighted by Gasteiger charge is 2.58. The lowest BCUT2D eigenvalue weighted by molar-refractivity contribution is -0.279. The average Bonchev–Trinajstić information content (AvgIpc) is 3.45. The van der Waals surface area contributed by atoms with E-state index in [-0.39, 0.29) is 45.5 Å². The van der Waals surface area contributed by atoms with Gasteiger partial charge in [-0.05, 0) is 25.1 Å². The molecule has 1 atom stereocenters. The van der Waals surface area contributed by atoms with E-state index in [0.717, 1.165) is 16.9 Å². The molecule has 5 rings (SSSR count). The van der Waals surface area contributed by atoms with E-state index in [2.05, 4.69) is 30.4 Å². The number of pyridine rings is 2. The smallest absolute Gasteiger partial charge is 0.383 e. The Labute approximate surface area is 214 Å². The van der Waals surface area contributed by atoms with Crippen molar-refractivity contribution in [3.8, 4) is 17.5 Å². The van der Waals surface area contributed by atoms with E-state index >= 15 is 0 Å². The molecule has 1 aliphatic heterocycles. The highest BCUT2D eigenvalue weighted by molar-refractivity contribution is 6.09. The third-order valence-electron chi connectivity index (χ3n) is 6.26. The summed E-state index contributed by atoms with van der Waals surface area (Å²) >= 11 is 0. The SMILES string of the molecule is CC1(c2ccc(C#N)cn2)C(=O)Nc2nc(-c3cc(C(=O)CC(F)(F)C(F)(F)F)c4ncnn4c3)nc(N)c21. The van der Waals surface area contributed by atoms with E-state index in [1.807, 2.05) is 6.07 Å². The number of ketones is 1. The summed E-state index contributed by atoms with van der Waals surface area (Å²) in [5.41, 5.74) is 4.61. The molecule has 0 fully saturated rings. The molecule has 0 saturated carbocycles. The maximum Gasteiger partial charge on any atom is 0.453 e. The number of hydrogen-bond donors (Lipinski definition) is 2. The normalized spacial score (nSPS) is 17.1. The van der Waals surface area contributed by atoms with Crippen LogP contribution in [0.25, 0.3) is 17.0 Å². The first-order valence-electron chi connectivity index (χ1n) is 10.9. The average molecular weight is 543 g/mol. The number of halogens is 5. The third-order valence-corrected chi connectivity index (χ3v) is 6.26. The van der Waals surface area contributed by atoms with Gasteiger partial charge < -0.3 is 11.1 Å². The van der Waals surface area contributed by atoms with Crippen LogP contribution < -0.4 is 11.1 Å². The Morgan fingerprint density at radius 2 is 1.95 bits per heavy atom. The number of nitrogen functional groups attached to an aromatic ring is 1. The Balaban J connectivity index is 1.60. The van der Waals surface area contributed by atoms with Crippen LogP contribution >= 0.6 is 0 Å². The van der Waals surface area contributed by atoms with Crippen LogP contribution in [0, 0.1) is 11.3 Å². The van der Waals surface area contributed by atoms with Crippen molar-refractivity contribution >= 4 is 29.0 Å². The number of fused-ring (bicyclic) bond motifs is 2. The number of amides is 1. The predicted molar refractivity (Wildman–Crippen MR) is 122 cm³/mol. The number of aromatic nitrogens is 6. The number of carbonyl (C=O) groups excluding carboxylic acids is 2. The lowest BCUT2D eigenvalue weighted by Gasteiger charge is -2.22. The minimum atomic E-state index is -5.93. The Kier molecular flexibility index (Phi) is 5.56. The van der Waals surface area contributed by atoms with Crippen molar-refractivity contribution in [2.45, 2.75) is 30.9 Å². The highest BCUT2D eigenvalue weighted by atomic mass is 19.4. The number of rotatable bonds is 5. The zero-order valence-electron chi connectivity index (χ0n) is 19.6. The lowest BCUT2D eigenvalue weighted by atomic mass is 9.80. The maximum absolute atomic E-state index is 13.6. The molecule has 3 N–H and O–H groups in total. The zero-order chi connectivity index (χ0) is 28.3. The zero-order valence-corrected chi connectivity index (χ0v) is 19.6. The maximum atomic E-state index is 13.6. The summed E-state index contributed by atoms with van der Waals surface area (Å²) in [7, 11) is 0. The molecule has 5 heterocycles. The van der Waals surface area contributed by atoms with Crippen molar-refractivity contribution < 1.29 is 31.5 Å². The second-order valence-corrected chi connectivity index (χ2v) is 8.75. The number of nitriles is 1. The van der Waals surface area contributed by atoms with Gasteiger partial charge in [-0.15, -0.1) is 0 Å². The first kappa shape index (κ1) is 25.6. The van der Waals surface area contributed by atoms with E-state index in [0.29, 0.717) is 0 Å². The summed E-state index contributed by atoms with van der Waals surface area (Å²) in [5, 5.41) is 15.4. The Morgan fingerprint density at radius 3 is 2.59 bits per heavy atom. The quantitative estimate of drug-likeness (QED) is 0.284. The number of anilines is 2.